The number of cyclic esters (lactones) is 1. The van der Waals surface area contributed by atoms with Gasteiger partial charge in [0.05, 0.1) is 35.0 Å². The van der Waals surface area contributed by atoms with E-state index >= 15 is 9.59 Å². The largest absolute Gasteiger partial charge is 0.464 e. The predicted octanol–water partition coefficient (Wildman–Crippen LogP) is 8.02. The highest BCUT2D eigenvalue weighted by atomic mass is 32.2. The first kappa shape index (κ1) is 54.3. The van der Waals surface area contributed by atoms with Crippen molar-refractivity contribution in [3.05, 3.63) is 89.3 Å². The van der Waals surface area contributed by atoms with Crippen LogP contribution in [0.15, 0.2) is 71.8 Å². The summed E-state index contributed by atoms with van der Waals surface area (Å²) in [5.74, 6) is 0.150. The molecule has 15 nitrogen and oxygen atoms in total. The van der Waals surface area contributed by atoms with Crippen molar-refractivity contribution in [3.63, 3.8) is 0 Å². The van der Waals surface area contributed by atoms with E-state index in [-0.39, 0.29) is 59.6 Å². The van der Waals surface area contributed by atoms with Gasteiger partial charge in [-0.2, -0.15) is 0 Å². The van der Waals surface area contributed by atoms with Crippen LogP contribution in [-0.4, -0.2) is 151 Å². The first-order valence-electron chi connectivity index (χ1n) is 30.0. The number of hydrogen-bond donors (Lipinski definition) is 2. The number of nitrogens with one attached hydrogen (secondary N) is 2. The summed E-state index contributed by atoms with van der Waals surface area (Å²) in [5.41, 5.74) is 11.9. The second kappa shape index (κ2) is 21.9. The van der Waals surface area contributed by atoms with Crippen LogP contribution in [0, 0.1) is 29.6 Å². The van der Waals surface area contributed by atoms with E-state index in [1.807, 2.05) is 52.7 Å². The molecule has 9 atom stereocenters. The van der Waals surface area contributed by atoms with Crippen molar-refractivity contribution in [1.82, 2.24) is 44.3 Å². The number of hydrazine groups is 1. The van der Waals surface area contributed by atoms with Crippen molar-refractivity contribution in [2.75, 3.05) is 59.0 Å². The number of pyridine rings is 1. The van der Waals surface area contributed by atoms with Gasteiger partial charge in [-0.1, -0.05) is 70.4 Å². The quantitative estimate of drug-likeness (QED) is 0.112. The first-order chi connectivity index (χ1) is 38.1. The highest BCUT2D eigenvalue weighted by molar-refractivity contribution is 7.83. The average Bonchev–Trinajstić information content (AvgIpc) is 3.86. The number of carbonyl (C=O) groups is 4. The van der Waals surface area contributed by atoms with Crippen molar-refractivity contribution in [2.45, 2.75) is 166 Å². The fourth-order valence-corrected chi connectivity index (χ4v) is 16.3. The monoisotopic (exact) mass is 1090 g/mol. The predicted molar refractivity (Wildman–Crippen MR) is 308 cm³/mol. The van der Waals surface area contributed by atoms with E-state index in [1.165, 1.54) is 16.5 Å². The lowest BCUT2D eigenvalue weighted by Crippen LogP contribution is -2.63. The van der Waals surface area contributed by atoms with Crippen molar-refractivity contribution in [2.24, 2.45) is 22.7 Å². The molecule has 16 heteroatoms. The lowest BCUT2D eigenvalue weighted by molar-refractivity contribution is -0.155. The van der Waals surface area contributed by atoms with Crippen LogP contribution in [0.1, 0.15) is 134 Å². The zero-order valence-electron chi connectivity index (χ0n) is 47.5. The Morgan fingerprint density at radius 3 is 2.48 bits per heavy atom. The molecular formula is C63H83N9O6S. The van der Waals surface area contributed by atoms with Crippen molar-refractivity contribution < 1.29 is 28.1 Å². The summed E-state index contributed by atoms with van der Waals surface area (Å²) in [5, 5.41) is 6.18. The van der Waals surface area contributed by atoms with Gasteiger partial charge in [-0.05, 0) is 155 Å². The molecule has 3 amide bonds. The van der Waals surface area contributed by atoms with Crippen LogP contribution in [0.4, 0.5) is 0 Å². The van der Waals surface area contributed by atoms with Gasteiger partial charge in [0.15, 0.2) is 0 Å². The van der Waals surface area contributed by atoms with Crippen LogP contribution in [0.3, 0.4) is 0 Å². The van der Waals surface area contributed by atoms with Crippen molar-refractivity contribution in [1.29, 1.82) is 0 Å². The second-order valence-electron chi connectivity index (χ2n) is 25.9. The lowest BCUT2D eigenvalue weighted by atomic mass is 9.83. The zero-order chi connectivity index (χ0) is 54.9. The molecule has 6 aliphatic heterocycles. The number of fused-ring (bicyclic) bond motifs is 6. The maximum Gasteiger partial charge on any atom is 0.324 e. The number of carbonyl (C=O) groups excluding carboxylic acids is 4. The first-order valence-corrected chi connectivity index (χ1v) is 31.1. The number of likely N-dealkylation sites (tertiary alicyclic amines) is 2. The molecule has 422 valence electrons. The molecule has 6 fully saturated rings. The smallest absolute Gasteiger partial charge is 0.324 e. The number of hydrogen-bond acceptors (Lipinski definition) is 10. The van der Waals surface area contributed by atoms with Crippen molar-refractivity contribution >= 4 is 51.2 Å². The van der Waals surface area contributed by atoms with Gasteiger partial charge < -0.3 is 19.5 Å². The Bertz CT molecular complexity index is 3050. The summed E-state index contributed by atoms with van der Waals surface area (Å²) in [6.45, 7) is 18.8. The van der Waals surface area contributed by atoms with E-state index in [0.29, 0.717) is 64.4 Å². The number of rotatable bonds is 11. The van der Waals surface area contributed by atoms with E-state index < -0.39 is 34.5 Å². The van der Waals surface area contributed by atoms with Crippen LogP contribution in [0.5, 0.6) is 0 Å². The molecule has 6 bridgehead atoms. The summed E-state index contributed by atoms with van der Waals surface area (Å²) in [6, 6.07) is 16.6. The topological polar surface area (TPSA) is 152 Å². The minimum atomic E-state index is -1.39. The molecule has 12 rings (SSSR count). The third-order valence-electron chi connectivity index (χ3n) is 19.1. The molecule has 0 radical (unpaired) electrons. The Hall–Kier alpha value is -5.26. The van der Waals surface area contributed by atoms with Gasteiger partial charge in [-0.25, -0.2) is 13.9 Å². The van der Waals surface area contributed by atoms with Crippen LogP contribution >= 0.6 is 0 Å². The molecule has 2 aromatic heterocycles. The highest BCUT2D eigenvalue weighted by Gasteiger charge is 2.64. The Balaban J connectivity index is 0.809. The zero-order valence-corrected chi connectivity index (χ0v) is 48.3. The van der Waals surface area contributed by atoms with E-state index in [0.717, 1.165) is 116 Å². The summed E-state index contributed by atoms with van der Waals surface area (Å²) in [7, 11) is -1.39. The molecule has 2 N–H and O–H groups in total. The van der Waals surface area contributed by atoms with Gasteiger partial charge in [0, 0.05) is 85.9 Å². The molecule has 2 aliphatic carbocycles. The fraction of sp³-hybridized carbons (Fsp3) is 0.603. The molecule has 4 aromatic rings. The average molecular weight is 1090 g/mol. The fourth-order valence-electron chi connectivity index (χ4n) is 14.8. The second-order valence-corrected chi connectivity index (χ2v) is 27.3. The standard InChI is InChI=1S/C63H83N9O6S/c1-7-70-52-25-22-44-33-48(52)49(56(70)47-16-10-28-64-53(47)40(2)3)34-62(5,6)39-78-61(76)50-17-12-30-71(66-50)59(74)51(36-67-29-11-15-45(44)35-67)65-58(73)55(42-13-8-9-14-42)68-31-26-63(37-68)27-32-69(38-63)60(75)57-54(43-20-21-43)72(57)79(77)46-23-18-41(4)19-24-46/h10,15-16,18-19,22-25,28,33,40,42-43,50-51,54-55,57,66H,7-9,11-14,17,20-21,26-27,29-32,34-39H2,1-6H3,(H,65,73)/t50-,51-,54+,55-,57+,63-,72?,79+/m0/s1. The number of nitrogens with zero attached hydrogens (tertiary/aromatic N) is 7. The van der Waals surface area contributed by atoms with Gasteiger partial charge in [-0.15, -0.1) is 0 Å². The molecule has 8 aliphatic rings. The Morgan fingerprint density at radius 2 is 1.72 bits per heavy atom. The third-order valence-corrected chi connectivity index (χ3v) is 20.6. The Labute approximate surface area is 469 Å². The summed E-state index contributed by atoms with van der Waals surface area (Å²) in [4.78, 5) is 71.7. The summed E-state index contributed by atoms with van der Waals surface area (Å²) >= 11 is 0. The maximum atomic E-state index is 15.4. The number of aromatic nitrogens is 2. The molecule has 2 aromatic carbocycles. The van der Waals surface area contributed by atoms with Gasteiger partial charge in [0.25, 0.3) is 5.91 Å². The molecule has 1 spiro atoms. The summed E-state index contributed by atoms with van der Waals surface area (Å²) in [6.07, 6.45) is 14.8. The SMILES string of the molecule is CCn1c(-c2cccnc2C(C)C)c2c3cc(ccc31)C1=CCCN(C1)C[C@H](NC(=O)[C@H](C1CCCC1)N1CC[C@]3(CCN(C(=O)[C@H]4[C@@H](C5CC5)N4[S@](=O)c4ccc(C)cc4)C3)C1)C(=O)N1CCC[C@H](N1)C(=O)OCC(C)(C)C2. The van der Waals surface area contributed by atoms with E-state index in [4.69, 9.17) is 9.72 Å². The highest BCUT2D eigenvalue weighted by Crippen LogP contribution is 2.51. The molecule has 8 heterocycles. The molecule has 4 saturated heterocycles. The summed E-state index contributed by atoms with van der Waals surface area (Å²) < 4.78 is 24.6. The van der Waals surface area contributed by atoms with E-state index in [9.17, 15) is 13.8 Å². The molecule has 2 saturated carbocycles. The number of amides is 3. The van der Waals surface area contributed by atoms with Crippen LogP contribution in [0.2, 0.25) is 0 Å². The van der Waals surface area contributed by atoms with E-state index in [2.05, 4.69) is 90.1 Å². The minimum Gasteiger partial charge on any atom is -0.464 e. The number of ether oxygens (including phenoxy) is 1. The Morgan fingerprint density at radius 1 is 0.937 bits per heavy atom. The van der Waals surface area contributed by atoms with E-state index in [1.54, 1.807) is 5.01 Å². The van der Waals surface area contributed by atoms with Gasteiger partial charge in [-0.3, -0.25) is 39.0 Å². The van der Waals surface area contributed by atoms with Gasteiger partial charge in [0.1, 0.15) is 29.1 Å². The molecular weight excluding hydrogens is 1010 g/mol. The lowest BCUT2D eigenvalue weighted by Gasteiger charge is -2.39. The number of benzene rings is 2. The Kier molecular flexibility index (Phi) is 15.1. The maximum absolute atomic E-state index is 15.4. The van der Waals surface area contributed by atoms with Crippen LogP contribution in [-0.2, 0) is 47.9 Å². The normalized spacial score (nSPS) is 29.4. The van der Waals surface area contributed by atoms with Gasteiger partial charge in [0.2, 0.25) is 11.8 Å². The number of esters is 1. The minimum absolute atomic E-state index is 0.0222. The number of aryl methyl sites for hydroxylation is 2. The van der Waals surface area contributed by atoms with Crippen LogP contribution in [0.25, 0.3) is 27.7 Å². The molecule has 2 unspecified atom stereocenters. The van der Waals surface area contributed by atoms with Crippen LogP contribution < -0.4 is 10.7 Å². The van der Waals surface area contributed by atoms with Gasteiger partial charge >= 0.3 is 5.97 Å². The third kappa shape index (κ3) is 10.8. The van der Waals surface area contributed by atoms with Crippen molar-refractivity contribution in [3.8, 4) is 11.3 Å². The molecule has 79 heavy (non-hydrogen) atoms.